The molecule has 18 heavy (non-hydrogen) atoms. The van der Waals surface area contributed by atoms with E-state index in [1.54, 1.807) is 11.9 Å². The molecule has 1 aliphatic rings. The van der Waals surface area contributed by atoms with Crippen molar-refractivity contribution in [3.63, 3.8) is 0 Å². The summed E-state index contributed by atoms with van der Waals surface area (Å²) in [7, 11) is 1.75. The number of anilines is 1. The van der Waals surface area contributed by atoms with Crippen LogP contribution in [0.3, 0.4) is 0 Å². The van der Waals surface area contributed by atoms with Crippen LogP contribution in [-0.2, 0) is 0 Å². The molecule has 0 bridgehead atoms. The maximum atomic E-state index is 12.2. The van der Waals surface area contributed by atoms with Crippen LogP contribution in [0.15, 0.2) is 0 Å². The lowest BCUT2D eigenvalue weighted by molar-refractivity contribution is 0.0438. The minimum absolute atomic E-state index is 0.0910. The Bertz CT molecular complexity index is 432. The maximum Gasteiger partial charge on any atom is 0.284 e. The number of likely N-dealkylation sites (tertiary alicyclic amines) is 1. The fourth-order valence-electron chi connectivity index (χ4n) is 2.01. The van der Waals surface area contributed by atoms with E-state index in [0.717, 1.165) is 12.8 Å². The van der Waals surface area contributed by atoms with Gasteiger partial charge in [-0.15, -0.1) is 10.2 Å². The smallest absolute Gasteiger partial charge is 0.284 e. The molecule has 1 saturated heterocycles. The number of nitrogens with zero attached hydrogens (tertiary/aromatic N) is 3. The second-order valence-electron chi connectivity index (χ2n) is 4.81. The molecule has 100 valence electrons. The van der Waals surface area contributed by atoms with Crippen LogP contribution in [0, 0.1) is 0 Å². The van der Waals surface area contributed by atoms with E-state index in [-0.39, 0.29) is 5.91 Å². The molecule has 1 unspecified atom stereocenters. The van der Waals surface area contributed by atoms with Gasteiger partial charge in [0.05, 0.1) is 5.60 Å². The third kappa shape index (κ3) is 2.97. The lowest BCUT2D eigenvalue weighted by Gasteiger charge is -2.21. The quantitative estimate of drug-likeness (QED) is 0.837. The number of aromatic nitrogens is 2. The van der Waals surface area contributed by atoms with E-state index in [1.165, 1.54) is 11.3 Å². The lowest BCUT2D eigenvalue weighted by atomic mass is 9.98. The number of hydrogen-bond donors (Lipinski definition) is 2. The third-order valence-electron chi connectivity index (χ3n) is 3.17. The van der Waals surface area contributed by atoms with Crippen molar-refractivity contribution < 1.29 is 9.90 Å². The van der Waals surface area contributed by atoms with Gasteiger partial charge in [0.2, 0.25) is 10.1 Å². The molecule has 1 fully saturated rings. The first kappa shape index (κ1) is 13.2. The second-order valence-corrected chi connectivity index (χ2v) is 5.78. The molecule has 0 aliphatic carbocycles. The van der Waals surface area contributed by atoms with Crippen molar-refractivity contribution in [2.24, 2.45) is 0 Å². The number of hydrogen-bond acceptors (Lipinski definition) is 6. The first-order valence-electron chi connectivity index (χ1n) is 6.05. The number of carbonyl (C=O) groups is 1. The molecule has 0 saturated carbocycles. The minimum atomic E-state index is -0.660. The third-order valence-corrected chi connectivity index (χ3v) is 4.10. The molecule has 2 heterocycles. The van der Waals surface area contributed by atoms with Crippen molar-refractivity contribution in [1.29, 1.82) is 0 Å². The first-order chi connectivity index (χ1) is 8.52. The van der Waals surface area contributed by atoms with Gasteiger partial charge in [0.25, 0.3) is 5.91 Å². The predicted molar refractivity (Wildman–Crippen MR) is 69.8 cm³/mol. The van der Waals surface area contributed by atoms with Crippen LogP contribution in [0.1, 0.15) is 36.0 Å². The van der Waals surface area contributed by atoms with Crippen LogP contribution in [0.5, 0.6) is 0 Å². The standard InChI is InChI=1S/C11H18N4O2S/c1-11(17)4-3-6-15(7-5-11)9(16)8-13-14-10(12-2)18-8/h17H,3-7H2,1-2H3,(H,12,14). The Morgan fingerprint density at radius 2 is 2.22 bits per heavy atom. The fraction of sp³-hybridized carbons (Fsp3) is 0.727. The number of carbonyl (C=O) groups excluding carboxylic acids is 1. The molecule has 7 heteroatoms. The SMILES string of the molecule is CNc1nnc(C(=O)N2CCCC(C)(O)CC2)s1. The molecular weight excluding hydrogens is 252 g/mol. The zero-order chi connectivity index (χ0) is 13.2. The highest BCUT2D eigenvalue weighted by Gasteiger charge is 2.28. The highest BCUT2D eigenvalue weighted by Crippen LogP contribution is 2.23. The molecule has 2 N–H and O–H groups in total. The highest BCUT2D eigenvalue weighted by atomic mass is 32.1. The summed E-state index contributed by atoms with van der Waals surface area (Å²) in [5.74, 6) is -0.0910. The van der Waals surface area contributed by atoms with Gasteiger partial charge < -0.3 is 15.3 Å². The van der Waals surface area contributed by atoms with E-state index < -0.39 is 5.60 Å². The average molecular weight is 270 g/mol. The minimum Gasteiger partial charge on any atom is -0.390 e. The van der Waals surface area contributed by atoms with E-state index >= 15 is 0 Å². The zero-order valence-corrected chi connectivity index (χ0v) is 11.5. The Kier molecular flexibility index (Phi) is 3.82. The molecule has 0 spiro atoms. The average Bonchev–Trinajstić information content (AvgIpc) is 2.74. The number of aliphatic hydroxyl groups is 1. The van der Waals surface area contributed by atoms with Crippen LogP contribution >= 0.6 is 11.3 Å². The van der Waals surface area contributed by atoms with Crippen molar-refractivity contribution in [2.45, 2.75) is 31.8 Å². The molecule has 1 aromatic rings. The summed E-state index contributed by atoms with van der Waals surface area (Å²) in [6.07, 6.45) is 2.15. The Labute approximate surface area is 110 Å². The Hall–Kier alpha value is -1.21. The zero-order valence-electron chi connectivity index (χ0n) is 10.6. The Morgan fingerprint density at radius 3 is 2.89 bits per heavy atom. The molecule has 6 nitrogen and oxygen atoms in total. The summed E-state index contributed by atoms with van der Waals surface area (Å²) < 4.78 is 0. The summed E-state index contributed by atoms with van der Waals surface area (Å²) in [5.41, 5.74) is -0.660. The summed E-state index contributed by atoms with van der Waals surface area (Å²) >= 11 is 1.25. The number of amides is 1. The molecular formula is C11H18N4O2S. The Morgan fingerprint density at radius 1 is 1.44 bits per heavy atom. The molecule has 1 atom stereocenters. The fourth-order valence-corrected chi connectivity index (χ4v) is 2.68. The highest BCUT2D eigenvalue weighted by molar-refractivity contribution is 7.17. The van der Waals surface area contributed by atoms with Crippen LogP contribution in [-0.4, -0.2) is 51.8 Å². The second kappa shape index (κ2) is 5.19. The maximum absolute atomic E-state index is 12.2. The summed E-state index contributed by atoms with van der Waals surface area (Å²) in [6.45, 7) is 3.06. The van der Waals surface area contributed by atoms with Gasteiger partial charge in [-0.3, -0.25) is 4.79 Å². The van der Waals surface area contributed by atoms with Gasteiger partial charge in [-0.05, 0) is 26.2 Å². The molecule has 1 amide bonds. The molecule has 2 rings (SSSR count). The van der Waals surface area contributed by atoms with Gasteiger partial charge in [0.15, 0.2) is 0 Å². The monoisotopic (exact) mass is 270 g/mol. The van der Waals surface area contributed by atoms with Gasteiger partial charge in [0, 0.05) is 20.1 Å². The van der Waals surface area contributed by atoms with E-state index in [1.807, 2.05) is 6.92 Å². The van der Waals surface area contributed by atoms with E-state index in [0.29, 0.717) is 29.6 Å². The molecule has 1 aliphatic heterocycles. The van der Waals surface area contributed by atoms with Crippen molar-refractivity contribution in [1.82, 2.24) is 15.1 Å². The van der Waals surface area contributed by atoms with Gasteiger partial charge in [-0.25, -0.2) is 0 Å². The lowest BCUT2D eigenvalue weighted by Crippen LogP contribution is -2.33. The van der Waals surface area contributed by atoms with Gasteiger partial charge >= 0.3 is 0 Å². The normalized spacial score (nSPS) is 24.7. The molecule has 0 aromatic carbocycles. The predicted octanol–water partition coefficient (Wildman–Crippen LogP) is 0.957. The number of rotatable bonds is 2. The van der Waals surface area contributed by atoms with Crippen molar-refractivity contribution >= 4 is 22.4 Å². The van der Waals surface area contributed by atoms with Gasteiger partial charge in [0.1, 0.15) is 0 Å². The van der Waals surface area contributed by atoms with Crippen LogP contribution in [0.2, 0.25) is 0 Å². The molecule has 1 aromatic heterocycles. The number of nitrogens with one attached hydrogen (secondary N) is 1. The van der Waals surface area contributed by atoms with Crippen molar-refractivity contribution in [2.75, 3.05) is 25.5 Å². The van der Waals surface area contributed by atoms with Crippen LogP contribution < -0.4 is 5.32 Å². The van der Waals surface area contributed by atoms with Crippen molar-refractivity contribution in [3.8, 4) is 0 Å². The van der Waals surface area contributed by atoms with Gasteiger partial charge in [-0.1, -0.05) is 11.3 Å². The summed E-state index contributed by atoms with van der Waals surface area (Å²) in [4.78, 5) is 14.0. The van der Waals surface area contributed by atoms with E-state index in [9.17, 15) is 9.90 Å². The van der Waals surface area contributed by atoms with E-state index in [4.69, 9.17) is 0 Å². The van der Waals surface area contributed by atoms with E-state index in [2.05, 4.69) is 15.5 Å². The summed E-state index contributed by atoms with van der Waals surface area (Å²) in [6, 6.07) is 0. The van der Waals surface area contributed by atoms with Crippen LogP contribution in [0.4, 0.5) is 5.13 Å². The summed E-state index contributed by atoms with van der Waals surface area (Å²) in [5, 5.41) is 21.6. The molecule has 0 radical (unpaired) electrons. The Balaban J connectivity index is 2.05. The topological polar surface area (TPSA) is 78.4 Å². The van der Waals surface area contributed by atoms with Gasteiger partial charge in [-0.2, -0.15) is 0 Å². The van der Waals surface area contributed by atoms with Crippen molar-refractivity contribution in [3.05, 3.63) is 5.01 Å². The largest absolute Gasteiger partial charge is 0.390 e. The van der Waals surface area contributed by atoms with Crippen LogP contribution in [0.25, 0.3) is 0 Å². The first-order valence-corrected chi connectivity index (χ1v) is 6.86.